The number of pyridine rings is 1. The Morgan fingerprint density at radius 2 is 2.00 bits per heavy atom. The Balaban J connectivity index is 2.46. The molecule has 0 saturated heterocycles. The number of anilines is 1. The molecule has 0 aromatic carbocycles. The molecule has 0 aliphatic rings. The molecule has 1 amide bonds. The third-order valence-electron chi connectivity index (χ3n) is 3.03. The van der Waals surface area contributed by atoms with Crippen LogP contribution >= 0.6 is 0 Å². The van der Waals surface area contributed by atoms with E-state index in [1.807, 2.05) is 5.32 Å². The zero-order chi connectivity index (χ0) is 18.5. The summed E-state index contributed by atoms with van der Waals surface area (Å²) in [7, 11) is 0. The Morgan fingerprint density at radius 1 is 1.24 bits per heavy atom. The van der Waals surface area contributed by atoms with E-state index in [0.717, 1.165) is 12.3 Å². The maximum Gasteiger partial charge on any atom is 0.441 e. The van der Waals surface area contributed by atoms with Gasteiger partial charge in [0.15, 0.2) is 5.76 Å². The summed E-state index contributed by atoms with van der Waals surface area (Å²) < 4.78 is 50.7. The third kappa shape index (κ3) is 3.90. The van der Waals surface area contributed by atoms with Crippen LogP contribution in [0.1, 0.15) is 17.5 Å². The van der Waals surface area contributed by atoms with E-state index in [0.29, 0.717) is 0 Å². The van der Waals surface area contributed by atoms with Crippen LogP contribution in [0.25, 0.3) is 0 Å². The van der Waals surface area contributed by atoms with Gasteiger partial charge in [0, 0.05) is 6.20 Å². The molecular formula is C15H14F3N3O4. The zero-order valence-electron chi connectivity index (χ0n) is 13.0. The van der Waals surface area contributed by atoms with Crippen molar-refractivity contribution in [1.82, 2.24) is 10.3 Å². The van der Waals surface area contributed by atoms with E-state index >= 15 is 0 Å². The van der Waals surface area contributed by atoms with Gasteiger partial charge in [-0.05, 0) is 31.2 Å². The number of nitrogens with one attached hydrogen (secondary N) is 2. The van der Waals surface area contributed by atoms with Crippen molar-refractivity contribution in [1.29, 1.82) is 0 Å². The van der Waals surface area contributed by atoms with Crippen molar-refractivity contribution in [2.24, 2.45) is 0 Å². The van der Waals surface area contributed by atoms with Crippen LogP contribution in [-0.4, -0.2) is 35.3 Å². The minimum atomic E-state index is -5.24. The largest absolute Gasteiger partial charge is 0.463 e. The van der Waals surface area contributed by atoms with Crippen LogP contribution < -0.4 is 10.6 Å². The van der Waals surface area contributed by atoms with Gasteiger partial charge in [-0.25, -0.2) is 9.78 Å². The highest BCUT2D eigenvalue weighted by Gasteiger charge is 2.64. The van der Waals surface area contributed by atoms with E-state index in [9.17, 15) is 22.8 Å². The van der Waals surface area contributed by atoms with Crippen LogP contribution in [0, 0.1) is 0 Å². The smallest absolute Gasteiger partial charge is 0.441 e. The summed E-state index contributed by atoms with van der Waals surface area (Å²) in [5.41, 5.74) is -3.54. The molecule has 0 aliphatic heterocycles. The standard InChI is InChI=1S/C15H14F3N3O4/c1-2-24-13(23)14(15(16,17)18,20-11-7-3-4-8-19-11)21-12(22)10-6-5-9-25-10/h3-9H,2H2,1H3,(H,19,20)(H,21,22)/t14-/m0/s1. The van der Waals surface area contributed by atoms with Crippen molar-refractivity contribution < 1.29 is 31.9 Å². The molecule has 2 heterocycles. The summed E-state index contributed by atoms with van der Waals surface area (Å²) in [6.45, 7) is 1.02. The van der Waals surface area contributed by atoms with Crippen molar-refractivity contribution in [2.45, 2.75) is 18.8 Å². The van der Waals surface area contributed by atoms with Crippen LogP contribution in [0.4, 0.5) is 19.0 Å². The van der Waals surface area contributed by atoms with Crippen molar-refractivity contribution in [3.63, 3.8) is 0 Å². The lowest BCUT2D eigenvalue weighted by Crippen LogP contribution is -2.69. The average Bonchev–Trinajstić information content (AvgIpc) is 3.09. The fourth-order valence-electron chi connectivity index (χ4n) is 1.90. The molecule has 25 heavy (non-hydrogen) atoms. The fraction of sp³-hybridized carbons (Fsp3) is 0.267. The van der Waals surface area contributed by atoms with Crippen LogP contribution in [0.5, 0.6) is 0 Å². The van der Waals surface area contributed by atoms with E-state index in [-0.39, 0.29) is 12.4 Å². The molecule has 2 aromatic heterocycles. The predicted molar refractivity (Wildman–Crippen MR) is 79.5 cm³/mol. The molecule has 1 atom stereocenters. The summed E-state index contributed by atoms with van der Waals surface area (Å²) >= 11 is 0. The molecule has 0 fully saturated rings. The lowest BCUT2D eigenvalue weighted by molar-refractivity contribution is -0.204. The second kappa shape index (κ2) is 7.24. The molecule has 2 aromatic rings. The first-order valence-electron chi connectivity index (χ1n) is 7.09. The number of amides is 1. The number of rotatable bonds is 6. The number of alkyl halides is 3. The molecule has 0 spiro atoms. The topological polar surface area (TPSA) is 93.5 Å². The molecule has 0 unspecified atom stereocenters. The average molecular weight is 357 g/mol. The third-order valence-corrected chi connectivity index (χ3v) is 3.03. The van der Waals surface area contributed by atoms with Crippen molar-refractivity contribution in [3.8, 4) is 0 Å². The number of aromatic nitrogens is 1. The summed E-state index contributed by atoms with van der Waals surface area (Å²) in [5, 5.41) is 3.55. The maximum absolute atomic E-state index is 13.8. The zero-order valence-corrected chi connectivity index (χ0v) is 13.0. The van der Waals surface area contributed by atoms with Crippen LogP contribution in [-0.2, 0) is 9.53 Å². The molecular weight excluding hydrogens is 343 g/mol. The number of carbonyl (C=O) groups excluding carboxylic acids is 2. The van der Waals surface area contributed by atoms with E-state index in [2.05, 4.69) is 9.72 Å². The quantitative estimate of drug-likeness (QED) is 0.609. The highest BCUT2D eigenvalue weighted by molar-refractivity contribution is 5.97. The monoisotopic (exact) mass is 357 g/mol. The molecule has 10 heteroatoms. The summed E-state index contributed by atoms with van der Waals surface area (Å²) in [6.07, 6.45) is -2.90. The second-order valence-corrected chi connectivity index (χ2v) is 4.74. The van der Waals surface area contributed by atoms with Crippen LogP contribution in [0.2, 0.25) is 0 Å². The van der Waals surface area contributed by atoms with Gasteiger partial charge in [-0.15, -0.1) is 0 Å². The number of esters is 1. The summed E-state index contributed by atoms with van der Waals surface area (Å²) in [5.74, 6) is -3.67. The number of hydrogen-bond acceptors (Lipinski definition) is 6. The van der Waals surface area contributed by atoms with Gasteiger partial charge in [-0.1, -0.05) is 6.07 Å². The molecule has 0 radical (unpaired) electrons. The van der Waals surface area contributed by atoms with Crippen LogP contribution in [0.15, 0.2) is 47.2 Å². The predicted octanol–water partition coefficient (Wildman–Crippen LogP) is 2.34. The lowest BCUT2D eigenvalue weighted by atomic mass is 10.1. The number of furan rings is 1. The maximum atomic E-state index is 13.8. The molecule has 7 nitrogen and oxygen atoms in total. The molecule has 2 N–H and O–H groups in total. The summed E-state index contributed by atoms with van der Waals surface area (Å²) in [4.78, 5) is 27.9. The first kappa shape index (κ1) is 18.3. The molecule has 0 aliphatic carbocycles. The summed E-state index contributed by atoms with van der Waals surface area (Å²) in [6, 6.07) is 6.57. The van der Waals surface area contributed by atoms with Gasteiger partial charge in [0.05, 0.1) is 12.9 Å². The number of carbonyl (C=O) groups is 2. The van der Waals surface area contributed by atoms with Crippen molar-refractivity contribution >= 4 is 17.7 Å². The van der Waals surface area contributed by atoms with Gasteiger partial charge in [0.1, 0.15) is 5.82 Å². The lowest BCUT2D eigenvalue weighted by Gasteiger charge is -2.34. The highest BCUT2D eigenvalue weighted by atomic mass is 19.4. The molecule has 2 rings (SSSR count). The van der Waals surface area contributed by atoms with Gasteiger partial charge < -0.3 is 19.8 Å². The van der Waals surface area contributed by atoms with Crippen LogP contribution in [0.3, 0.4) is 0 Å². The SMILES string of the molecule is CCOC(=O)[C@@](NC(=O)c1ccco1)(Nc1ccccn1)C(F)(F)F. The highest BCUT2D eigenvalue weighted by Crippen LogP contribution is 2.33. The van der Waals surface area contributed by atoms with E-state index < -0.39 is 29.5 Å². The minimum Gasteiger partial charge on any atom is -0.463 e. The van der Waals surface area contributed by atoms with Gasteiger partial charge in [-0.3, -0.25) is 4.79 Å². The Hall–Kier alpha value is -3.04. The Bertz CT molecular complexity index is 719. The van der Waals surface area contributed by atoms with Gasteiger partial charge in [-0.2, -0.15) is 13.2 Å². The first-order valence-corrected chi connectivity index (χ1v) is 7.09. The molecule has 134 valence electrons. The van der Waals surface area contributed by atoms with Gasteiger partial charge in [0.2, 0.25) is 0 Å². The number of nitrogens with zero attached hydrogens (tertiary/aromatic N) is 1. The Morgan fingerprint density at radius 3 is 2.52 bits per heavy atom. The Labute approximate surface area is 140 Å². The molecule has 0 bridgehead atoms. The van der Waals surface area contributed by atoms with E-state index in [1.165, 1.54) is 37.4 Å². The molecule has 0 saturated carbocycles. The number of hydrogen-bond donors (Lipinski definition) is 2. The normalized spacial score (nSPS) is 13.6. The van der Waals surface area contributed by atoms with Crippen molar-refractivity contribution in [3.05, 3.63) is 48.6 Å². The first-order chi connectivity index (χ1) is 11.8. The van der Waals surface area contributed by atoms with E-state index in [4.69, 9.17) is 4.42 Å². The van der Waals surface area contributed by atoms with Gasteiger partial charge >= 0.3 is 17.8 Å². The fourth-order valence-corrected chi connectivity index (χ4v) is 1.90. The second-order valence-electron chi connectivity index (χ2n) is 4.74. The number of halogens is 3. The van der Waals surface area contributed by atoms with Gasteiger partial charge in [0.25, 0.3) is 5.91 Å². The van der Waals surface area contributed by atoms with E-state index in [1.54, 1.807) is 5.32 Å². The minimum absolute atomic E-state index is 0.285. The van der Waals surface area contributed by atoms with Crippen molar-refractivity contribution in [2.75, 3.05) is 11.9 Å². The Kier molecular flexibility index (Phi) is 5.30. The number of ether oxygens (including phenoxy) is 1.